The predicted molar refractivity (Wildman–Crippen MR) is 248 cm³/mol. The van der Waals surface area contributed by atoms with E-state index in [0.717, 1.165) is 36.8 Å². The Labute approximate surface area is 399 Å². The van der Waals surface area contributed by atoms with Crippen molar-refractivity contribution >= 4 is 58.0 Å². The molecule has 11 heteroatoms. The van der Waals surface area contributed by atoms with Crippen LogP contribution in [-0.2, 0) is 33.1 Å². The first-order valence-corrected chi connectivity index (χ1v) is 25.5. The summed E-state index contributed by atoms with van der Waals surface area (Å²) < 4.78 is 80.4. The van der Waals surface area contributed by atoms with Crippen molar-refractivity contribution in [2.75, 3.05) is 0 Å². The van der Waals surface area contributed by atoms with Crippen LogP contribution in [0.3, 0.4) is 0 Å². The average molecular weight is 903 g/mol. The van der Waals surface area contributed by atoms with Crippen LogP contribution in [0.2, 0.25) is 0 Å². The number of ether oxygens (including phenoxy) is 2. The maximum Gasteiger partial charge on any atom is 2.00 e. The van der Waals surface area contributed by atoms with Crippen molar-refractivity contribution in [3.63, 3.8) is 0 Å². The van der Waals surface area contributed by atoms with Crippen LogP contribution in [-0.4, -0.2) is 63.7 Å². The number of benzene rings is 4. The summed E-state index contributed by atoms with van der Waals surface area (Å²) in [6.07, 6.45) is 29.0. The number of aryl methyl sites for hydroxylation is 2. The van der Waals surface area contributed by atoms with Gasteiger partial charge in [0.1, 0.15) is 43.2 Å². The molecular formula is C50H70CaO8S2. The minimum absolute atomic E-state index is 0. The Morgan fingerprint density at radius 1 is 0.393 bits per heavy atom. The fraction of sp³-hybridized carbons (Fsp3) is 0.520. The maximum atomic E-state index is 11.4. The van der Waals surface area contributed by atoms with Gasteiger partial charge in [-0.05, 0) is 97.5 Å². The Morgan fingerprint density at radius 3 is 0.951 bits per heavy atom. The van der Waals surface area contributed by atoms with Crippen LogP contribution in [0.25, 0.3) is 0 Å². The number of para-hydroxylation sites is 2. The first-order chi connectivity index (χ1) is 29.0. The molecule has 0 heterocycles. The van der Waals surface area contributed by atoms with Crippen LogP contribution < -0.4 is 9.47 Å². The second kappa shape index (κ2) is 32.3. The third kappa shape index (κ3) is 24.3. The van der Waals surface area contributed by atoms with Gasteiger partial charge in [0.05, 0.1) is 9.79 Å². The summed E-state index contributed by atoms with van der Waals surface area (Å²) in [6, 6.07) is 27.5. The van der Waals surface area contributed by atoms with Gasteiger partial charge in [0.25, 0.3) is 0 Å². The largest absolute Gasteiger partial charge is 2.00 e. The molecule has 0 unspecified atom stereocenters. The van der Waals surface area contributed by atoms with Gasteiger partial charge in [0.2, 0.25) is 0 Å². The van der Waals surface area contributed by atoms with Crippen LogP contribution in [0.1, 0.15) is 166 Å². The second-order valence-electron chi connectivity index (χ2n) is 15.8. The normalized spacial score (nSPS) is 11.3. The van der Waals surface area contributed by atoms with E-state index in [1.165, 1.54) is 140 Å². The average Bonchev–Trinajstić information content (AvgIpc) is 3.23. The van der Waals surface area contributed by atoms with Gasteiger partial charge in [-0.1, -0.05) is 179 Å². The molecule has 0 aliphatic heterocycles. The van der Waals surface area contributed by atoms with Crippen LogP contribution in [0.15, 0.2) is 107 Å². The molecule has 0 fully saturated rings. The molecule has 0 spiro atoms. The summed E-state index contributed by atoms with van der Waals surface area (Å²) >= 11 is 0. The standard InChI is InChI=1S/2C25H36O4S.Ca/c2*1-2-3-4-5-6-7-8-9-10-11-13-16-22-21-24(30(26,27)28)19-20-25(22)29-23-17-14-12-15-18-23;/h2*12,14-15,17-21H,2-11,13,16H2,1H3,(H,26,27,28);/q;;+2/p-2. The molecule has 0 aliphatic rings. The zero-order valence-electron chi connectivity index (χ0n) is 37.0. The van der Waals surface area contributed by atoms with Gasteiger partial charge >= 0.3 is 37.7 Å². The van der Waals surface area contributed by atoms with Crippen molar-refractivity contribution in [3.05, 3.63) is 108 Å². The molecule has 0 aliphatic carbocycles. The molecule has 0 saturated carbocycles. The van der Waals surface area contributed by atoms with Gasteiger partial charge in [-0.2, -0.15) is 0 Å². The molecule has 4 aromatic carbocycles. The molecule has 4 aromatic rings. The molecule has 61 heavy (non-hydrogen) atoms. The van der Waals surface area contributed by atoms with E-state index in [4.69, 9.17) is 9.47 Å². The van der Waals surface area contributed by atoms with Crippen molar-refractivity contribution in [2.24, 2.45) is 0 Å². The SMILES string of the molecule is CCCCCCCCCCCCCc1cc(S(=O)(=O)[O-])ccc1Oc1ccccc1.CCCCCCCCCCCCCc1cc(S(=O)(=O)[O-])ccc1Oc1ccccc1.[Ca+2]. The second-order valence-corrected chi connectivity index (χ2v) is 18.6. The zero-order chi connectivity index (χ0) is 43.3. The Hall–Kier alpha value is -2.44. The smallest absolute Gasteiger partial charge is 0.744 e. The van der Waals surface area contributed by atoms with Gasteiger partial charge in [0.15, 0.2) is 0 Å². The summed E-state index contributed by atoms with van der Waals surface area (Å²) in [5, 5.41) is 0. The van der Waals surface area contributed by atoms with E-state index in [1.54, 1.807) is 12.1 Å². The Kier molecular flexibility index (Phi) is 28.9. The quantitative estimate of drug-likeness (QED) is 0.0287. The molecule has 8 nitrogen and oxygen atoms in total. The molecule has 0 aromatic heterocycles. The summed E-state index contributed by atoms with van der Waals surface area (Å²) in [5.41, 5.74) is 1.54. The van der Waals surface area contributed by atoms with E-state index in [9.17, 15) is 25.9 Å². The van der Waals surface area contributed by atoms with Crippen molar-refractivity contribution in [1.82, 2.24) is 0 Å². The first-order valence-electron chi connectivity index (χ1n) is 22.6. The van der Waals surface area contributed by atoms with E-state index in [1.807, 2.05) is 60.7 Å². The Bertz CT molecular complexity index is 1810. The number of hydrogen-bond acceptors (Lipinski definition) is 8. The summed E-state index contributed by atoms with van der Waals surface area (Å²) in [7, 11) is -8.95. The molecule has 4 rings (SSSR count). The fourth-order valence-corrected chi connectivity index (χ4v) is 8.25. The van der Waals surface area contributed by atoms with Crippen LogP contribution in [0.5, 0.6) is 23.0 Å². The minimum atomic E-state index is -4.47. The molecule has 0 bridgehead atoms. The summed E-state index contributed by atoms with van der Waals surface area (Å²) in [6.45, 7) is 4.49. The molecule has 0 atom stereocenters. The number of hydrogen-bond donors (Lipinski definition) is 0. The fourth-order valence-electron chi connectivity index (χ4n) is 7.20. The van der Waals surface area contributed by atoms with E-state index in [-0.39, 0.29) is 47.5 Å². The molecule has 0 amide bonds. The van der Waals surface area contributed by atoms with Gasteiger partial charge < -0.3 is 18.6 Å². The number of rotatable bonds is 30. The van der Waals surface area contributed by atoms with E-state index in [2.05, 4.69) is 13.8 Å². The number of unbranched alkanes of at least 4 members (excludes halogenated alkanes) is 20. The molecule has 0 saturated heterocycles. The van der Waals surface area contributed by atoms with Crippen molar-refractivity contribution < 1.29 is 35.4 Å². The van der Waals surface area contributed by atoms with Gasteiger partial charge in [-0.15, -0.1) is 0 Å². The van der Waals surface area contributed by atoms with Crippen molar-refractivity contribution in [1.29, 1.82) is 0 Å². The molecule has 332 valence electrons. The van der Waals surface area contributed by atoms with E-state index >= 15 is 0 Å². The van der Waals surface area contributed by atoms with Crippen LogP contribution in [0, 0.1) is 0 Å². The van der Waals surface area contributed by atoms with Crippen molar-refractivity contribution in [2.45, 2.75) is 178 Å². The molecule has 0 N–H and O–H groups in total. The van der Waals surface area contributed by atoms with Crippen molar-refractivity contribution in [3.8, 4) is 23.0 Å². The third-order valence-corrected chi connectivity index (χ3v) is 12.3. The first kappa shape index (κ1) is 54.7. The Morgan fingerprint density at radius 2 is 0.672 bits per heavy atom. The van der Waals surface area contributed by atoms with Crippen LogP contribution in [0.4, 0.5) is 0 Å². The van der Waals surface area contributed by atoms with Gasteiger partial charge in [0, 0.05) is 0 Å². The summed E-state index contributed by atoms with van der Waals surface area (Å²) in [5.74, 6) is 2.60. The van der Waals surface area contributed by atoms with E-state index in [0.29, 0.717) is 35.8 Å². The molecular weight excluding hydrogens is 833 g/mol. The minimum Gasteiger partial charge on any atom is -0.744 e. The van der Waals surface area contributed by atoms with E-state index < -0.39 is 20.2 Å². The molecule has 0 radical (unpaired) electrons. The maximum absolute atomic E-state index is 11.4. The van der Waals surface area contributed by atoms with Gasteiger partial charge in [-0.3, -0.25) is 0 Å². The van der Waals surface area contributed by atoms with Crippen LogP contribution >= 0.6 is 0 Å². The predicted octanol–water partition coefficient (Wildman–Crippen LogP) is 14.1. The Balaban J connectivity index is 0.000000413. The topological polar surface area (TPSA) is 133 Å². The monoisotopic (exact) mass is 902 g/mol. The third-order valence-electron chi connectivity index (χ3n) is 10.7. The summed E-state index contributed by atoms with van der Waals surface area (Å²) in [4.78, 5) is -0.387. The van der Waals surface area contributed by atoms with Gasteiger partial charge in [-0.25, -0.2) is 16.8 Å². The zero-order valence-corrected chi connectivity index (χ0v) is 40.8.